The minimum atomic E-state index is -0.972. The molecule has 6 heteroatoms. The number of carboxylic acids is 1. The third kappa shape index (κ3) is 2.60. The maximum Gasteiger partial charge on any atom is 0.337 e. The van der Waals surface area contributed by atoms with Gasteiger partial charge in [-0.05, 0) is 24.6 Å². The Hall–Kier alpha value is -2.37. The van der Waals surface area contributed by atoms with Crippen LogP contribution in [0.25, 0.3) is 0 Å². The van der Waals surface area contributed by atoms with Crippen LogP contribution < -0.4 is 5.32 Å². The second-order valence-electron chi connectivity index (χ2n) is 3.56. The number of aromatic carboxylic acids is 1. The van der Waals surface area contributed by atoms with E-state index in [1.54, 1.807) is 18.2 Å². The number of aryl methyl sites for hydroxylation is 1. The van der Waals surface area contributed by atoms with E-state index in [0.717, 1.165) is 5.56 Å². The Bertz CT molecular complexity index is 523. The molecule has 88 valence electrons. The lowest BCUT2D eigenvalue weighted by molar-refractivity contribution is 0.0698. The van der Waals surface area contributed by atoms with Crippen LogP contribution in [0.2, 0.25) is 0 Å². The number of nitrogens with one attached hydrogen (secondary N) is 1. The molecule has 2 rings (SSSR count). The second-order valence-corrected chi connectivity index (χ2v) is 3.56. The Morgan fingerprint density at radius 3 is 3.00 bits per heavy atom. The van der Waals surface area contributed by atoms with Crippen molar-refractivity contribution in [3.8, 4) is 0 Å². The fourth-order valence-electron chi connectivity index (χ4n) is 1.44. The van der Waals surface area contributed by atoms with Gasteiger partial charge >= 0.3 is 5.97 Å². The zero-order chi connectivity index (χ0) is 12.3. The van der Waals surface area contributed by atoms with Crippen LogP contribution in [0.1, 0.15) is 21.7 Å². The summed E-state index contributed by atoms with van der Waals surface area (Å²) in [6, 6.07) is 5.09. The molecule has 17 heavy (non-hydrogen) atoms. The highest BCUT2D eigenvalue weighted by atomic mass is 16.5. The lowest BCUT2D eigenvalue weighted by Crippen LogP contribution is -2.07. The maximum atomic E-state index is 11.0. The van der Waals surface area contributed by atoms with Crippen LogP contribution in [0, 0.1) is 6.92 Å². The molecule has 0 aliphatic heterocycles. The van der Waals surface area contributed by atoms with Crippen LogP contribution in [-0.4, -0.2) is 21.2 Å². The van der Waals surface area contributed by atoms with Gasteiger partial charge in [0.15, 0.2) is 5.82 Å². The summed E-state index contributed by atoms with van der Waals surface area (Å²) in [4.78, 5) is 14.8. The molecule has 2 N–H and O–H groups in total. The molecule has 0 radical (unpaired) electrons. The number of benzene rings is 1. The van der Waals surface area contributed by atoms with E-state index in [2.05, 4.69) is 20.0 Å². The summed E-state index contributed by atoms with van der Waals surface area (Å²) >= 11 is 0. The van der Waals surface area contributed by atoms with Gasteiger partial charge in [0.25, 0.3) is 0 Å². The van der Waals surface area contributed by atoms with Crippen LogP contribution in [0.4, 0.5) is 5.69 Å². The van der Waals surface area contributed by atoms with Gasteiger partial charge < -0.3 is 14.9 Å². The van der Waals surface area contributed by atoms with Crippen molar-refractivity contribution >= 4 is 11.7 Å². The predicted octanol–water partition coefficient (Wildman–Crippen LogP) is 1.69. The number of nitrogens with zero attached hydrogens (tertiary/aromatic N) is 2. The third-order valence-electron chi connectivity index (χ3n) is 2.25. The molecule has 0 unspecified atom stereocenters. The van der Waals surface area contributed by atoms with Crippen molar-refractivity contribution in [3.05, 3.63) is 41.5 Å². The molecule has 1 heterocycles. The number of carboxylic acid groups (broad SMARTS) is 1. The van der Waals surface area contributed by atoms with E-state index in [4.69, 9.17) is 5.11 Å². The SMILES string of the molecule is Cc1ccc(C(=O)O)c(NCc2ncon2)c1. The van der Waals surface area contributed by atoms with Gasteiger partial charge in [0.2, 0.25) is 6.39 Å². The van der Waals surface area contributed by atoms with Crippen molar-refractivity contribution in [1.82, 2.24) is 10.1 Å². The van der Waals surface area contributed by atoms with Crippen LogP contribution in [-0.2, 0) is 6.54 Å². The van der Waals surface area contributed by atoms with Gasteiger partial charge in [0.05, 0.1) is 12.1 Å². The average Bonchev–Trinajstić information content (AvgIpc) is 2.78. The summed E-state index contributed by atoms with van der Waals surface area (Å²) in [6.45, 7) is 2.21. The zero-order valence-corrected chi connectivity index (χ0v) is 9.17. The lowest BCUT2D eigenvalue weighted by atomic mass is 10.1. The van der Waals surface area contributed by atoms with Gasteiger partial charge in [-0.2, -0.15) is 4.98 Å². The predicted molar refractivity (Wildman–Crippen MR) is 59.8 cm³/mol. The van der Waals surface area contributed by atoms with Crippen LogP contribution in [0.15, 0.2) is 29.1 Å². The molecule has 0 saturated heterocycles. The largest absolute Gasteiger partial charge is 0.478 e. The van der Waals surface area contributed by atoms with E-state index in [1.165, 1.54) is 6.39 Å². The molecule has 6 nitrogen and oxygen atoms in total. The zero-order valence-electron chi connectivity index (χ0n) is 9.17. The van der Waals surface area contributed by atoms with Crippen molar-refractivity contribution in [2.45, 2.75) is 13.5 Å². The lowest BCUT2D eigenvalue weighted by Gasteiger charge is -2.08. The first-order valence-electron chi connectivity index (χ1n) is 5.00. The van der Waals surface area contributed by atoms with E-state index in [9.17, 15) is 4.79 Å². The van der Waals surface area contributed by atoms with E-state index >= 15 is 0 Å². The highest BCUT2D eigenvalue weighted by Crippen LogP contribution is 2.18. The first-order valence-corrected chi connectivity index (χ1v) is 5.00. The van der Waals surface area contributed by atoms with Gasteiger partial charge in [-0.1, -0.05) is 11.2 Å². The summed E-state index contributed by atoms with van der Waals surface area (Å²) in [5.74, 6) is -0.497. The fraction of sp³-hybridized carbons (Fsp3) is 0.182. The van der Waals surface area contributed by atoms with E-state index in [-0.39, 0.29) is 5.56 Å². The van der Waals surface area contributed by atoms with Gasteiger partial charge in [0, 0.05) is 5.69 Å². The normalized spacial score (nSPS) is 10.2. The Kier molecular flexibility index (Phi) is 3.04. The van der Waals surface area contributed by atoms with Crippen molar-refractivity contribution in [2.75, 3.05) is 5.32 Å². The topological polar surface area (TPSA) is 88.2 Å². The summed E-state index contributed by atoms with van der Waals surface area (Å²) in [7, 11) is 0. The second kappa shape index (κ2) is 4.65. The monoisotopic (exact) mass is 233 g/mol. The molecule has 0 spiro atoms. The number of hydrogen-bond acceptors (Lipinski definition) is 5. The number of carbonyl (C=O) groups is 1. The number of hydrogen-bond donors (Lipinski definition) is 2. The first-order chi connectivity index (χ1) is 8.16. The molecule has 0 saturated carbocycles. The van der Waals surface area contributed by atoms with Crippen molar-refractivity contribution in [2.24, 2.45) is 0 Å². The van der Waals surface area contributed by atoms with Gasteiger partial charge in [-0.25, -0.2) is 4.79 Å². The Labute approximate surface area is 97.3 Å². The van der Waals surface area contributed by atoms with Gasteiger partial charge in [-0.15, -0.1) is 0 Å². The minimum Gasteiger partial charge on any atom is -0.478 e. The molecule has 0 fully saturated rings. The average molecular weight is 233 g/mol. The van der Waals surface area contributed by atoms with Crippen molar-refractivity contribution in [1.29, 1.82) is 0 Å². The molecule has 0 amide bonds. The standard InChI is InChI=1S/C11H11N3O3/c1-7-2-3-8(11(15)16)9(4-7)12-5-10-13-6-17-14-10/h2-4,6,12H,5H2,1H3,(H,15,16). The van der Waals surface area contributed by atoms with E-state index in [1.807, 2.05) is 6.92 Å². The summed E-state index contributed by atoms with van der Waals surface area (Å²) in [5.41, 5.74) is 1.74. The van der Waals surface area contributed by atoms with E-state index in [0.29, 0.717) is 18.1 Å². The Morgan fingerprint density at radius 2 is 2.35 bits per heavy atom. The quantitative estimate of drug-likeness (QED) is 0.835. The highest BCUT2D eigenvalue weighted by molar-refractivity contribution is 5.94. The van der Waals surface area contributed by atoms with Gasteiger partial charge in [-0.3, -0.25) is 0 Å². The van der Waals surface area contributed by atoms with Crippen molar-refractivity contribution < 1.29 is 14.4 Å². The Balaban J connectivity index is 2.19. The maximum absolute atomic E-state index is 11.0. The smallest absolute Gasteiger partial charge is 0.337 e. The number of anilines is 1. The van der Waals surface area contributed by atoms with E-state index < -0.39 is 5.97 Å². The molecule has 1 aromatic carbocycles. The third-order valence-corrected chi connectivity index (χ3v) is 2.25. The number of aromatic nitrogens is 2. The molecule has 0 atom stereocenters. The Morgan fingerprint density at radius 1 is 1.53 bits per heavy atom. The molecule has 1 aromatic heterocycles. The fourth-order valence-corrected chi connectivity index (χ4v) is 1.44. The molecule has 2 aromatic rings. The number of rotatable bonds is 4. The van der Waals surface area contributed by atoms with Crippen LogP contribution in [0.5, 0.6) is 0 Å². The van der Waals surface area contributed by atoms with Gasteiger partial charge in [0.1, 0.15) is 0 Å². The summed E-state index contributed by atoms with van der Waals surface area (Å²) in [6.07, 6.45) is 1.23. The highest BCUT2D eigenvalue weighted by Gasteiger charge is 2.10. The molecule has 0 aliphatic carbocycles. The minimum absolute atomic E-state index is 0.221. The molecular formula is C11H11N3O3. The van der Waals surface area contributed by atoms with Crippen LogP contribution in [0.3, 0.4) is 0 Å². The van der Waals surface area contributed by atoms with Crippen LogP contribution >= 0.6 is 0 Å². The summed E-state index contributed by atoms with van der Waals surface area (Å²) < 4.78 is 4.59. The van der Waals surface area contributed by atoms with Crippen molar-refractivity contribution in [3.63, 3.8) is 0 Å². The first kappa shape index (κ1) is 11.1. The summed E-state index contributed by atoms with van der Waals surface area (Å²) in [5, 5.41) is 15.6. The molecule has 0 aliphatic rings. The molecule has 0 bridgehead atoms. The molecular weight excluding hydrogens is 222 g/mol.